The van der Waals surface area contributed by atoms with E-state index in [9.17, 15) is 0 Å². The molecule has 1 heteroatoms. The first-order chi connectivity index (χ1) is 6.54. The maximum atomic E-state index is 3.37. The summed E-state index contributed by atoms with van der Waals surface area (Å²) >= 11 is 0. The van der Waals surface area contributed by atoms with Crippen LogP contribution in [0.25, 0.3) is 0 Å². The molecule has 0 spiro atoms. The highest BCUT2D eigenvalue weighted by molar-refractivity contribution is 5.45. The summed E-state index contributed by atoms with van der Waals surface area (Å²) in [6, 6.07) is 8.74. The van der Waals surface area contributed by atoms with Gasteiger partial charge in [-0.15, -0.1) is 0 Å². The van der Waals surface area contributed by atoms with Crippen LogP contribution in [0, 0.1) is 0 Å². The zero-order valence-electron chi connectivity index (χ0n) is 9.72. The molecule has 1 rings (SSSR count). The Kier molecular flexibility index (Phi) is 3.56. The van der Waals surface area contributed by atoms with Gasteiger partial charge in [-0.05, 0) is 29.5 Å². The molecule has 0 aliphatic heterocycles. The first-order valence-electron chi connectivity index (χ1n) is 5.38. The number of hydrogen-bond donors (Lipinski definition) is 1. The second-order valence-corrected chi connectivity index (χ2v) is 4.75. The van der Waals surface area contributed by atoms with Crippen LogP contribution in [-0.4, -0.2) is 6.54 Å². The van der Waals surface area contributed by atoms with Crippen LogP contribution in [0.5, 0.6) is 0 Å². The van der Waals surface area contributed by atoms with E-state index in [0.717, 1.165) is 6.54 Å². The average molecular weight is 193 g/mol. The molecule has 0 aliphatic carbocycles. The molecule has 80 valence electrons. The van der Waals surface area contributed by atoms with Gasteiger partial charge in [-0.1, -0.05) is 39.8 Å². The van der Waals surface area contributed by atoms with Gasteiger partial charge in [0.15, 0.2) is 0 Å². The van der Waals surface area contributed by atoms with Gasteiger partial charge in [-0.25, -0.2) is 0 Å². The molecule has 0 saturated carbocycles. The van der Waals surface area contributed by atoms with Gasteiger partial charge in [0.1, 0.15) is 0 Å². The summed E-state index contributed by atoms with van der Waals surface area (Å²) < 4.78 is 0. The van der Waals surface area contributed by atoms with Crippen molar-refractivity contribution in [1.82, 2.24) is 0 Å². The van der Waals surface area contributed by atoms with Gasteiger partial charge in [0.2, 0.25) is 0 Å². The Bertz CT molecular complexity index is 272. The Morgan fingerprint density at radius 1 is 1.14 bits per heavy atom. The lowest BCUT2D eigenvalue weighted by atomic mass is 9.87. The van der Waals surface area contributed by atoms with Crippen molar-refractivity contribution in [3.8, 4) is 0 Å². The molecule has 0 heterocycles. The quantitative estimate of drug-likeness (QED) is 0.763. The Labute approximate surface area is 89.0 Å². The molecule has 0 bridgehead atoms. The minimum absolute atomic E-state index is 0. The highest BCUT2D eigenvalue weighted by Crippen LogP contribution is 2.23. The van der Waals surface area contributed by atoms with Crippen LogP contribution in [0.15, 0.2) is 24.3 Å². The topological polar surface area (TPSA) is 12.0 Å². The first kappa shape index (κ1) is 11.1. The molecule has 0 saturated heterocycles. The molecule has 1 aromatic carbocycles. The van der Waals surface area contributed by atoms with E-state index in [1.165, 1.54) is 17.7 Å². The standard InChI is InChI=1S/C13H21N.H2/c1-5-10-14-12-8-6-11(7-9-12)13(2,3)4;/h6-9,14H,5,10H2,1-4H3;1H. The highest BCUT2D eigenvalue weighted by atomic mass is 14.9. The van der Waals surface area contributed by atoms with Crippen LogP contribution >= 0.6 is 0 Å². The molecule has 1 nitrogen and oxygen atoms in total. The lowest BCUT2D eigenvalue weighted by Gasteiger charge is -2.19. The lowest BCUT2D eigenvalue weighted by molar-refractivity contribution is 0.590. The Balaban J connectivity index is 0.00000196. The number of anilines is 1. The molecule has 1 aromatic rings. The van der Waals surface area contributed by atoms with Crippen LogP contribution in [0.1, 0.15) is 41.1 Å². The number of benzene rings is 1. The van der Waals surface area contributed by atoms with Crippen molar-refractivity contribution in [3.05, 3.63) is 29.8 Å². The van der Waals surface area contributed by atoms with Gasteiger partial charge in [-0.3, -0.25) is 0 Å². The lowest BCUT2D eigenvalue weighted by Crippen LogP contribution is -2.10. The van der Waals surface area contributed by atoms with E-state index >= 15 is 0 Å². The van der Waals surface area contributed by atoms with E-state index in [1.807, 2.05) is 0 Å². The van der Waals surface area contributed by atoms with Gasteiger partial charge in [-0.2, -0.15) is 0 Å². The van der Waals surface area contributed by atoms with Crippen molar-refractivity contribution >= 4 is 5.69 Å². The maximum absolute atomic E-state index is 3.37. The number of rotatable bonds is 3. The molecule has 0 unspecified atom stereocenters. The van der Waals surface area contributed by atoms with Crippen molar-refractivity contribution < 1.29 is 1.43 Å². The van der Waals surface area contributed by atoms with Crippen LogP contribution < -0.4 is 5.32 Å². The summed E-state index contributed by atoms with van der Waals surface area (Å²) in [6.45, 7) is 9.94. The molecule has 0 aliphatic rings. The fourth-order valence-corrected chi connectivity index (χ4v) is 1.36. The predicted octanol–water partition coefficient (Wildman–Crippen LogP) is 4.05. The normalized spacial score (nSPS) is 11.4. The van der Waals surface area contributed by atoms with Crippen molar-refractivity contribution in [2.45, 2.75) is 39.5 Å². The Morgan fingerprint density at radius 3 is 2.14 bits per heavy atom. The molecular weight excluding hydrogens is 170 g/mol. The predicted molar refractivity (Wildman–Crippen MR) is 66.0 cm³/mol. The molecule has 0 radical (unpaired) electrons. The average Bonchev–Trinajstić information content (AvgIpc) is 2.14. The van der Waals surface area contributed by atoms with Crippen molar-refractivity contribution in [2.75, 3.05) is 11.9 Å². The van der Waals surface area contributed by atoms with E-state index in [0.29, 0.717) is 0 Å². The van der Waals surface area contributed by atoms with E-state index in [4.69, 9.17) is 0 Å². The SMILES string of the molecule is CCCNc1ccc(C(C)(C)C)cc1.[HH]. The summed E-state index contributed by atoms with van der Waals surface area (Å²) in [5.41, 5.74) is 2.86. The molecule has 1 N–H and O–H groups in total. The van der Waals surface area contributed by atoms with Crippen LogP contribution in [-0.2, 0) is 5.41 Å². The Morgan fingerprint density at radius 2 is 1.71 bits per heavy atom. The minimum atomic E-state index is 0. The smallest absolute Gasteiger partial charge is 0.0340 e. The minimum Gasteiger partial charge on any atom is -0.385 e. The van der Waals surface area contributed by atoms with Crippen LogP contribution in [0.2, 0.25) is 0 Å². The fraction of sp³-hybridized carbons (Fsp3) is 0.538. The van der Waals surface area contributed by atoms with Gasteiger partial charge in [0.25, 0.3) is 0 Å². The fourth-order valence-electron chi connectivity index (χ4n) is 1.36. The van der Waals surface area contributed by atoms with Gasteiger partial charge in [0.05, 0.1) is 0 Å². The van der Waals surface area contributed by atoms with Gasteiger partial charge < -0.3 is 5.32 Å². The molecular formula is C13H23N. The van der Waals surface area contributed by atoms with E-state index < -0.39 is 0 Å². The van der Waals surface area contributed by atoms with Crippen molar-refractivity contribution in [1.29, 1.82) is 0 Å². The third kappa shape index (κ3) is 3.06. The van der Waals surface area contributed by atoms with Crippen molar-refractivity contribution in [3.63, 3.8) is 0 Å². The third-order valence-electron chi connectivity index (χ3n) is 2.33. The zero-order chi connectivity index (χ0) is 10.6. The third-order valence-corrected chi connectivity index (χ3v) is 2.33. The monoisotopic (exact) mass is 193 g/mol. The largest absolute Gasteiger partial charge is 0.385 e. The second kappa shape index (κ2) is 4.50. The van der Waals surface area contributed by atoms with Gasteiger partial charge in [0, 0.05) is 13.7 Å². The molecule has 0 atom stereocenters. The van der Waals surface area contributed by atoms with E-state index in [-0.39, 0.29) is 6.84 Å². The summed E-state index contributed by atoms with van der Waals surface area (Å²) in [5.74, 6) is 0. The number of hydrogen-bond acceptors (Lipinski definition) is 1. The summed E-state index contributed by atoms with van der Waals surface area (Å²) in [7, 11) is 0. The van der Waals surface area contributed by atoms with Crippen LogP contribution in [0.4, 0.5) is 5.69 Å². The molecule has 0 amide bonds. The second-order valence-electron chi connectivity index (χ2n) is 4.75. The zero-order valence-corrected chi connectivity index (χ0v) is 9.72. The Hall–Kier alpha value is -0.980. The van der Waals surface area contributed by atoms with Crippen LogP contribution in [0.3, 0.4) is 0 Å². The molecule has 14 heavy (non-hydrogen) atoms. The van der Waals surface area contributed by atoms with E-state index in [2.05, 4.69) is 57.3 Å². The number of nitrogens with one attached hydrogen (secondary N) is 1. The first-order valence-corrected chi connectivity index (χ1v) is 5.38. The molecule has 0 fully saturated rings. The molecule has 0 aromatic heterocycles. The van der Waals surface area contributed by atoms with Crippen molar-refractivity contribution in [2.24, 2.45) is 0 Å². The van der Waals surface area contributed by atoms with Gasteiger partial charge >= 0.3 is 0 Å². The summed E-state index contributed by atoms with van der Waals surface area (Å²) in [5, 5.41) is 3.37. The summed E-state index contributed by atoms with van der Waals surface area (Å²) in [4.78, 5) is 0. The summed E-state index contributed by atoms with van der Waals surface area (Å²) in [6.07, 6.45) is 1.17. The highest BCUT2D eigenvalue weighted by Gasteiger charge is 2.12. The van der Waals surface area contributed by atoms with E-state index in [1.54, 1.807) is 0 Å². The maximum Gasteiger partial charge on any atom is 0.0340 e.